The van der Waals surface area contributed by atoms with E-state index < -0.39 is 6.04 Å². The molecule has 36 heavy (non-hydrogen) atoms. The second-order valence-electron chi connectivity index (χ2n) is 8.80. The normalized spacial score (nSPS) is 16.0. The molecule has 3 amide bonds. The molecule has 5 rings (SSSR count). The van der Waals surface area contributed by atoms with E-state index in [1.807, 2.05) is 30.5 Å². The summed E-state index contributed by atoms with van der Waals surface area (Å²) in [4.78, 5) is 41.1. The number of aromatic amines is 1. The fraction of sp³-hybridized carbons (Fsp3) is 0.179. The van der Waals surface area contributed by atoms with Crippen molar-refractivity contribution in [1.82, 2.24) is 15.6 Å². The van der Waals surface area contributed by atoms with E-state index in [2.05, 4.69) is 20.9 Å². The Morgan fingerprint density at radius 1 is 0.972 bits per heavy atom. The number of carbonyl (C=O) groups excluding carboxylic acids is 3. The van der Waals surface area contributed by atoms with Crippen molar-refractivity contribution in [3.05, 3.63) is 102 Å². The number of hydrogen-bond acceptors (Lipinski definition) is 3. The first-order valence-electron chi connectivity index (χ1n) is 11.8. The van der Waals surface area contributed by atoms with Crippen LogP contribution in [0.4, 0.5) is 10.1 Å². The summed E-state index contributed by atoms with van der Waals surface area (Å²) in [5.41, 5.74) is 3.67. The van der Waals surface area contributed by atoms with Gasteiger partial charge in [0.1, 0.15) is 11.9 Å². The van der Waals surface area contributed by atoms with E-state index in [9.17, 15) is 18.8 Å². The van der Waals surface area contributed by atoms with Crippen LogP contribution >= 0.6 is 0 Å². The molecule has 0 saturated heterocycles. The van der Waals surface area contributed by atoms with Crippen LogP contribution in [0.1, 0.15) is 40.2 Å². The fourth-order valence-electron chi connectivity index (χ4n) is 4.58. The number of amides is 3. The fourth-order valence-corrected chi connectivity index (χ4v) is 4.58. The molecule has 1 aliphatic heterocycles. The molecule has 182 valence electrons. The quantitative estimate of drug-likeness (QED) is 0.318. The number of anilines is 1. The molecule has 2 heterocycles. The van der Waals surface area contributed by atoms with Crippen LogP contribution in [0.5, 0.6) is 0 Å². The lowest BCUT2D eigenvalue weighted by Gasteiger charge is -2.19. The van der Waals surface area contributed by atoms with Crippen LogP contribution in [0.3, 0.4) is 0 Å². The van der Waals surface area contributed by atoms with Crippen LogP contribution in [-0.2, 0) is 9.59 Å². The van der Waals surface area contributed by atoms with Crippen LogP contribution in [0.25, 0.3) is 10.9 Å². The summed E-state index contributed by atoms with van der Waals surface area (Å²) in [6.07, 6.45) is 2.12. The molecule has 0 saturated carbocycles. The Hall–Kier alpha value is -4.46. The van der Waals surface area contributed by atoms with Gasteiger partial charge >= 0.3 is 0 Å². The van der Waals surface area contributed by atoms with Gasteiger partial charge in [-0.25, -0.2) is 4.39 Å². The topological polar surface area (TPSA) is 103 Å². The van der Waals surface area contributed by atoms with Crippen LogP contribution in [-0.4, -0.2) is 35.3 Å². The Labute approximate surface area is 207 Å². The summed E-state index contributed by atoms with van der Waals surface area (Å²) >= 11 is 0. The van der Waals surface area contributed by atoms with Gasteiger partial charge in [0.25, 0.3) is 5.91 Å². The molecule has 7 nitrogen and oxygen atoms in total. The predicted octanol–water partition coefficient (Wildman–Crippen LogP) is 4.09. The Bertz CT molecular complexity index is 1430. The molecule has 0 fully saturated rings. The second kappa shape index (κ2) is 10.0. The first-order valence-corrected chi connectivity index (χ1v) is 11.8. The number of aromatic nitrogens is 1. The molecule has 1 aromatic heterocycles. The molecular formula is C28H25FN4O3. The highest BCUT2D eigenvalue weighted by Crippen LogP contribution is 2.30. The number of rotatable bonds is 7. The third kappa shape index (κ3) is 4.84. The van der Waals surface area contributed by atoms with Gasteiger partial charge in [0.2, 0.25) is 11.8 Å². The van der Waals surface area contributed by atoms with Gasteiger partial charge in [0.05, 0.1) is 11.3 Å². The number of benzene rings is 3. The van der Waals surface area contributed by atoms with E-state index in [1.165, 1.54) is 12.1 Å². The van der Waals surface area contributed by atoms with E-state index in [0.29, 0.717) is 17.8 Å². The monoisotopic (exact) mass is 484 g/mol. The van der Waals surface area contributed by atoms with Crippen molar-refractivity contribution >= 4 is 34.3 Å². The smallest absolute Gasteiger partial charge is 0.254 e. The molecule has 1 aliphatic rings. The summed E-state index contributed by atoms with van der Waals surface area (Å²) in [6, 6.07) is 20.1. The van der Waals surface area contributed by atoms with E-state index in [4.69, 9.17) is 0 Å². The molecule has 4 N–H and O–H groups in total. The number of nitrogens with one attached hydrogen (secondary N) is 4. The molecular weight excluding hydrogens is 459 g/mol. The van der Waals surface area contributed by atoms with Crippen molar-refractivity contribution in [1.29, 1.82) is 0 Å². The van der Waals surface area contributed by atoms with Crippen molar-refractivity contribution in [2.45, 2.75) is 24.8 Å². The second-order valence-corrected chi connectivity index (χ2v) is 8.80. The van der Waals surface area contributed by atoms with Crippen molar-refractivity contribution in [3.63, 3.8) is 0 Å². The first-order chi connectivity index (χ1) is 17.5. The minimum absolute atomic E-state index is 0.0543. The van der Waals surface area contributed by atoms with Gasteiger partial charge in [0, 0.05) is 36.0 Å². The average molecular weight is 485 g/mol. The molecule has 8 heteroatoms. The minimum Gasteiger partial charge on any atom is -0.361 e. The summed E-state index contributed by atoms with van der Waals surface area (Å²) in [5.74, 6) is -1.49. The van der Waals surface area contributed by atoms with Crippen molar-refractivity contribution in [2.24, 2.45) is 0 Å². The molecule has 3 aromatic carbocycles. The van der Waals surface area contributed by atoms with E-state index in [0.717, 1.165) is 22.0 Å². The number of para-hydroxylation sites is 2. The molecule has 0 unspecified atom stereocenters. The number of halogens is 1. The Morgan fingerprint density at radius 3 is 2.56 bits per heavy atom. The molecule has 0 radical (unpaired) electrons. The number of fused-ring (bicyclic) bond motifs is 2. The van der Waals surface area contributed by atoms with Crippen LogP contribution in [0.15, 0.2) is 79.0 Å². The zero-order chi connectivity index (χ0) is 25.1. The largest absolute Gasteiger partial charge is 0.361 e. The average Bonchev–Trinajstić information content (AvgIpc) is 3.26. The third-order valence-corrected chi connectivity index (χ3v) is 6.48. The van der Waals surface area contributed by atoms with E-state index >= 15 is 0 Å². The number of hydrogen-bond donors (Lipinski definition) is 4. The maximum atomic E-state index is 13.6. The van der Waals surface area contributed by atoms with Gasteiger partial charge in [-0.1, -0.05) is 42.5 Å². The first kappa shape index (κ1) is 23.3. The van der Waals surface area contributed by atoms with Crippen LogP contribution in [0.2, 0.25) is 0 Å². The van der Waals surface area contributed by atoms with Gasteiger partial charge in [-0.3, -0.25) is 14.4 Å². The maximum Gasteiger partial charge on any atom is 0.254 e. The predicted molar refractivity (Wildman–Crippen MR) is 135 cm³/mol. The highest BCUT2D eigenvalue weighted by molar-refractivity contribution is 6.09. The lowest BCUT2D eigenvalue weighted by atomic mass is 9.90. The minimum atomic E-state index is -0.822. The van der Waals surface area contributed by atoms with E-state index in [-0.39, 0.29) is 42.3 Å². The number of carbonyl (C=O) groups is 3. The van der Waals surface area contributed by atoms with Crippen LogP contribution in [0, 0.1) is 5.82 Å². The molecule has 0 bridgehead atoms. The van der Waals surface area contributed by atoms with Crippen molar-refractivity contribution < 1.29 is 18.8 Å². The van der Waals surface area contributed by atoms with Gasteiger partial charge < -0.3 is 20.9 Å². The van der Waals surface area contributed by atoms with Gasteiger partial charge in [-0.05, 0) is 47.9 Å². The highest BCUT2D eigenvalue weighted by Gasteiger charge is 2.28. The molecule has 0 spiro atoms. The SMILES string of the molecule is O=C(CC[C@@H]1NC(=O)c2ccccc2NC1=O)NC[C@H](c1ccc(F)cc1)c1c[nH]c2ccccc12. The summed E-state index contributed by atoms with van der Waals surface area (Å²) in [5, 5.41) is 9.44. The molecule has 4 aromatic rings. The maximum absolute atomic E-state index is 13.6. The summed E-state index contributed by atoms with van der Waals surface area (Å²) < 4.78 is 13.6. The highest BCUT2D eigenvalue weighted by atomic mass is 19.1. The lowest BCUT2D eigenvalue weighted by molar-refractivity contribution is -0.121. The molecule has 2 atom stereocenters. The zero-order valence-electron chi connectivity index (χ0n) is 19.4. The Balaban J connectivity index is 1.26. The lowest BCUT2D eigenvalue weighted by Crippen LogP contribution is -2.42. The zero-order valence-corrected chi connectivity index (χ0v) is 19.4. The van der Waals surface area contributed by atoms with E-state index in [1.54, 1.807) is 36.4 Å². The van der Waals surface area contributed by atoms with Gasteiger partial charge in [-0.2, -0.15) is 0 Å². The number of H-pyrrole nitrogens is 1. The van der Waals surface area contributed by atoms with Gasteiger partial charge in [0.15, 0.2) is 0 Å². The summed E-state index contributed by atoms with van der Waals surface area (Å²) in [7, 11) is 0. The third-order valence-electron chi connectivity index (χ3n) is 6.48. The van der Waals surface area contributed by atoms with Crippen LogP contribution < -0.4 is 16.0 Å². The van der Waals surface area contributed by atoms with Crippen molar-refractivity contribution in [2.75, 3.05) is 11.9 Å². The standard InChI is InChI=1S/C28H25FN4O3/c29-18-11-9-17(10-12-18)21(22-16-30-23-7-3-1-5-19(22)23)15-31-26(34)14-13-25-28(36)32-24-8-4-2-6-20(24)27(35)33-25/h1-12,16,21,25,30H,13-15H2,(H,31,34)(H,32,36)(H,33,35)/t21-,25+/m1/s1. The summed E-state index contributed by atoms with van der Waals surface area (Å²) in [6.45, 7) is 0.293. The van der Waals surface area contributed by atoms with Crippen molar-refractivity contribution in [3.8, 4) is 0 Å². The Kier molecular flexibility index (Phi) is 6.49. The van der Waals surface area contributed by atoms with Gasteiger partial charge in [-0.15, -0.1) is 0 Å². The Morgan fingerprint density at radius 2 is 1.72 bits per heavy atom. The molecule has 0 aliphatic carbocycles.